The standard InChI is InChI=1S/C14H22N2O/c15-14-6-7-16-10-12(14)9-13(17)8-11-4-2-1-3-5-11/h6-7,10-11,13,17H,1-5,8-9H2,(H2,15,16). The SMILES string of the molecule is Nc1ccncc1CC(O)CC1CCCCC1. The summed E-state index contributed by atoms with van der Waals surface area (Å²) in [5, 5.41) is 10.1. The molecular formula is C14H22N2O. The van der Waals surface area contributed by atoms with E-state index in [1.165, 1.54) is 32.1 Å². The Morgan fingerprint density at radius 3 is 2.82 bits per heavy atom. The van der Waals surface area contributed by atoms with Crippen molar-refractivity contribution in [1.29, 1.82) is 0 Å². The summed E-state index contributed by atoms with van der Waals surface area (Å²) in [7, 11) is 0. The average Bonchev–Trinajstić information content (AvgIpc) is 2.33. The zero-order valence-corrected chi connectivity index (χ0v) is 10.3. The van der Waals surface area contributed by atoms with E-state index in [9.17, 15) is 5.11 Å². The van der Waals surface area contributed by atoms with E-state index in [4.69, 9.17) is 5.73 Å². The van der Waals surface area contributed by atoms with E-state index in [0.717, 1.165) is 17.7 Å². The van der Waals surface area contributed by atoms with Gasteiger partial charge in [0.2, 0.25) is 0 Å². The molecule has 1 aromatic heterocycles. The third-order valence-corrected chi connectivity index (χ3v) is 3.73. The average molecular weight is 234 g/mol. The summed E-state index contributed by atoms with van der Waals surface area (Å²) >= 11 is 0. The van der Waals surface area contributed by atoms with Gasteiger partial charge in [-0.05, 0) is 24.0 Å². The summed E-state index contributed by atoms with van der Waals surface area (Å²) in [5.41, 5.74) is 7.56. The van der Waals surface area contributed by atoms with Crippen molar-refractivity contribution in [3.05, 3.63) is 24.0 Å². The van der Waals surface area contributed by atoms with Crippen molar-refractivity contribution in [2.24, 2.45) is 5.92 Å². The molecular weight excluding hydrogens is 212 g/mol. The molecule has 3 N–H and O–H groups in total. The minimum absolute atomic E-state index is 0.274. The topological polar surface area (TPSA) is 59.1 Å². The molecule has 1 heterocycles. The smallest absolute Gasteiger partial charge is 0.0584 e. The third-order valence-electron chi connectivity index (χ3n) is 3.73. The van der Waals surface area contributed by atoms with Crippen LogP contribution in [-0.2, 0) is 6.42 Å². The number of aliphatic hydroxyl groups is 1. The van der Waals surface area contributed by atoms with Crippen LogP contribution in [0.5, 0.6) is 0 Å². The lowest BCUT2D eigenvalue weighted by atomic mass is 9.84. The molecule has 1 fully saturated rings. The van der Waals surface area contributed by atoms with Crippen molar-refractivity contribution in [2.75, 3.05) is 5.73 Å². The van der Waals surface area contributed by atoms with E-state index in [0.29, 0.717) is 12.3 Å². The van der Waals surface area contributed by atoms with Crippen molar-refractivity contribution >= 4 is 5.69 Å². The predicted octanol–water partition coefficient (Wildman–Crippen LogP) is 2.54. The van der Waals surface area contributed by atoms with Gasteiger partial charge in [-0.2, -0.15) is 0 Å². The summed E-state index contributed by atoms with van der Waals surface area (Å²) < 4.78 is 0. The first-order valence-corrected chi connectivity index (χ1v) is 6.62. The molecule has 1 saturated carbocycles. The Labute approximate surface area is 103 Å². The monoisotopic (exact) mass is 234 g/mol. The minimum Gasteiger partial charge on any atom is -0.398 e. The van der Waals surface area contributed by atoms with Crippen LogP contribution in [0.2, 0.25) is 0 Å². The minimum atomic E-state index is -0.274. The zero-order valence-electron chi connectivity index (χ0n) is 10.3. The molecule has 1 aliphatic rings. The van der Waals surface area contributed by atoms with Crippen molar-refractivity contribution in [1.82, 2.24) is 4.98 Å². The maximum atomic E-state index is 10.1. The highest BCUT2D eigenvalue weighted by Crippen LogP contribution is 2.28. The van der Waals surface area contributed by atoms with Crippen LogP contribution in [0, 0.1) is 5.92 Å². The maximum absolute atomic E-state index is 10.1. The van der Waals surface area contributed by atoms with Gasteiger partial charge in [-0.1, -0.05) is 32.1 Å². The Balaban J connectivity index is 1.84. The molecule has 0 aliphatic heterocycles. The quantitative estimate of drug-likeness (QED) is 0.841. The van der Waals surface area contributed by atoms with Crippen LogP contribution < -0.4 is 5.73 Å². The summed E-state index contributed by atoms with van der Waals surface area (Å²) in [6.07, 6.45) is 11.3. The van der Waals surface area contributed by atoms with Gasteiger partial charge in [0.25, 0.3) is 0 Å². The number of nitrogens with zero attached hydrogens (tertiary/aromatic N) is 1. The van der Waals surface area contributed by atoms with E-state index in [2.05, 4.69) is 4.98 Å². The molecule has 2 rings (SSSR count). The lowest BCUT2D eigenvalue weighted by molar-refractivity contribution is 0.130. The first-order chi connectivity index (χ1) is 8.25. The number of hydrogen-bond donors (Lipinski definition) is 2. The first-order valence-electron chi connectivity index (χ1n) is 6.62. The largest absolute Gasteiger partial charge is 0.398 e. The van der Waals surface area contributed by atoms with Crippen LogP contribution in [0.25, 0.3) is 0 Å². The molecule has 0 saturated heterocycles. The van der Waals surface area contributed by atoms with Gasteiger partial charge >= 0.3 is 0 Å². The van der Waals surface area contributed by atoms with Gasteiger partial charge in [-0.3, -0.25) is 4.98 Å². The second-order valence-electron chi connectivity index (χ2n) is 5.17. The third kappa shape index (κ3) is 3.70. The molecule has 1 aliphatic carbocycles. The maximum Gasteiger partial charge on any atom is 0.0584 e. The molecule has 3 heteroatoms. The second kappa shape index (κ2) is 6.01. The van der Waals surface area contributed by atoms with Gasteiger partial charge in [0.05, 0.1) is 6.10 Å². The van der Waals surface area contributed by atoms with Crippen molar-refractivity contribution in [3.8, 4) is 0 Å². The molecule has 1 atom stereocenters. The fraction of sp³-hybridized carbons (Fsp3) is 0.643. The summed E-state index contributed by atoms with van der Waals surface area (Å²) in [6, 6.07) is 1.79. The highest BCUT2D eigenvalue weighted by molar-refractivity contribution is 5.44. The van der Waals surface area contributed by atoms with Crippen LogP contribution in [0.1, 0.15) is 44.1 Å². The van der Waals surface area contributed by atoms with E-state index in [1.807, 2.05) is 0 Å². The molecule has 0 bridgehead atoms. The summed E-state index contributed by atoms with van der Waals surface area (Å²) in [4.78, 5) is 4.05. The fourth-order valence-corrected chi connectivity index (χ4v) is 2.75. The number of hydrogen-bond acceptors (Lipinski definition) is 3. The van der Waals surface area contributed by atoms with Crippen LogP contribution in [-0.4, -0.2) is 16.2 Å². The van der Waals surface area contributed by atoms with Gasteiger partial charge in [0, 0.05) is 24.5 Å². The predicted molar refractivity (Wildman–Crippen MR) is 69.6 cm³/mol. The number of aromatic nitrogens is 1. The molecule has 1 aromatic rings. The van der Waals surface area contributed by atoms with Gasteiger partial charge in [0.1, 0.15) is 0 Å². The zero-order chi connectivity index (χ0) is 12.1. The number of rotatable bonds is 4. The Kier molecular flexibility index (Phi) is 4.37. The Hall–Kier alpha value is -1.09. The van der Waals surface area contributed by atoms with Gasteiger partial charge in [0.15, 0.2) is 0 Å². The fourth-order valence-electron chi connectivity index (χ4n) is 2.75. The lowest BCUT2D eigenvalue weighted by Crippen LogP contribution is -2.18. The van der Waals surface area contributed by atoms with Crippen molar-refractivity contribution < 1.29 is 5.11 Å². The second-order valence-corrected chi connectivity index (χ2v) is 5.17. The van der Waals surface area contributed by atoms with Gasteiger partial charge < -0.3 is 10.8 Å². The van der Waals surface area contributed by atoms with Crippen LogP contribution >= 0.6 is 0 Å². The highest BCUT2D eigenvalue weighted by atomic mass is 16.3. The van der Waals surface area contributed by atoms with Crippen LogP contribution in [0.3, 0.4) is 0 Å². The lowest BCUT2D eigenvalue weighted by Gasteiger charge is -2.24. The van der Waals surface area contributed by atoms with E-state index in [1.54, 1.807) is 18.5 Å². The van der Waals surface area contributed by atoms with Crippen LogP contribution in [0.15, 0.2) is 18.5 Å². The van der Waals surface area contributed by atoms with Gasteiger partial charge in [-0.25, -0.2) is 0 Å². The number of pyridine rings is 1. The normalized spacial score (nSPS) is 19.1. The Bertz CT molecular complexity index is 348. The van der Waals surface area contributed by atoms with Crippen molar-refractivity contribution in [3.63, 3.8) is 0 Å². The molecule has 0 spiro atoms. The molecule has 94 valence electrons. The number of nitrogens with two attached hydrogens (primary N) is 1. The summed E-state index contributed by atoms with van der Waals surface area (Å²) in [5.74, 6) is 0.705. The van der Waals surface area contributed by atoms with Gasteiger partial charge in [-0.15, -0.1) is 0 Å². The Morgan fingerprint density at radius 2 is 2.12 bits per heavy atom. The number of aliphatic hydroxyl groups excluding tert-OH is 1. The number of anilines is 1. The Morgan fingerprint density at radius 1 is 1.35 bits per heavy atom. The molecule has 0 amide bonds. The van der Waals surface area contributed by atoms with Crippen molar-refractivity contribution in [2.45, 2.75) is 51.0 Å². The van der Waals surface area contributed by atoms with Crippen LogP contribution in [0.4, 0.5) is 5.69 Å². The molecule has 1 unspecified atom stereocenters. The summed E-state index contributed by atoms with van der Waals surface area (Å²) in [6.45, 7) is 0. The number of nitrogen functional groups attached to an aromatic ring is 1. The van der Waals surface area contributed by atoms with E-state index >= 15 is 0 Å². The molecule has 0 radical (unpaired) electrons. The van der Waals surface area contributed by atoms with E-state index in [-0.39, 0.29) is 6.10 Å². The highest BCUT2D eigenvalue weighted by Gasteiger charge is 2.18. The molecule has 17 heavy (non-hydrogen) atoms. The molecule has 3 nitrogen and oxygen atoms in total. The molecule has 0 aromatic carbocycles. The first kappa shape index (κ1) is 12.4. The van der Waals surface area contributed by atoms with E-state index < -0.39 is 0 Å².